The first kappa shape index (κ1) is 57.7. The first-order valence-corrected chi connectivity index (χ1v) is 27.1. The van der Waals surface area contributed by atoms with E-state index in [1.54, 1.807) is 36.7 Å². The van der Waals surface area contributed by atoms with E-state index in [-0.39, 0.29) is 42.5 Å². The van der Waals surface area contributed by atoms with Crippen molar-refractivity contribution in [2.24, 2.45) is 5.92 Å². The van der Waals surface area contributed by atoms with Gasteiger partial charge in [0.2, 0.25) is 0 Å². The number of anilines is 2. The van der Waals surface area contributed by atoms with E-state index in [1.807, 2.05) is 38.1 Å². The van der Waals surface area contributed by atoms with Gasteiger partial charge in [-0.25, -0.2) is 18.7 Å². The van der Waals surface area contributed by atoms with Crippen molar-refractivity contribution in [3.8, 4) is 0 Å². The molecule has 2 saturated heterocycles. The van der Waals surface area contributed by atoms with E-state index in [9.17, 15) is 18.4 Å². The lowest BCUT2D eigenvalue weighted by Crippen LogP contribution is -2.46. The topological polar surface area (TPSA) is 97.8 Å². The SMILES string of the molecule is CCN(Cc1ccc(CN2CCN(c3ncccc3CC(=O)OC)CC2)cc1)Cc1c(F)cccc1Cl.CCN(Cc1ccc(CN2CCN(c3ncccc3COC(=O)C(C)C)CC2)cc1)Cc1c(F)cccc1Cl. The van der Waals surface area contributed by atoms with Crippen LogP contribution in [0.25, 0.3) is 0 Å². The Morgan fingerprint density at radius 3 is 1.41 bits per heavy atom. The number of hydrogen-bond donors (Lipinski definition) is 0. The summed E-state index contributed by atoms with van der Waals surface area (Å²) in [7, 11) is 1.41. The molecule has 0 spiro atoms. The molecule has 76 heavy (non-hydrogen) atoms. The summed E-state index contributed by atoms with van der Waals surface area (Å²) in [5, 5.41) is 0.939. The number of nitrogens with zero attached hydrogens (tertiary/aromatic N) is 8. The normalized spacial score (nSPS) is 14.3. The number of benzene rings is 4. The van der Waals surface area contributed by atoms with E-state index in [1.165, 1.54) is 41.5 Å². The van der Waals surface area contributed by atoms with Crippen molar-refractivity contribution >= 4 is 46.8 Å². The highest BCUT2D eigenvalue weighted by Crippen LogP contribution is 2.26. The number of methoxy groups -OCH3 is 1. The Kier molecular flexibility index (Phi) is 22.0. The summed E-state index contributed by atoms with van der Waals surface area (Å²) in [4.78, 5) is 46.6. The molecular formula is C60H72Cl2F2N8O4. The van der Waals surface area contributed by atoms with E-state index >= 15 is 0 Å². The van der Waals surface area contributed by atoms with Crippen LogP contribution in [0.3, 0.4) is 0 Å². The number of halogens is 4. The molecule has 0 radical (unpaired) electrons. The molecule has 2 aliphatic rings. The van der Waals surface area contributed by atoms with Crippen LogP contribution in [-0.4, -0.2) is 114 Å². The molecule has 404 valence electrons. The van der Waals surface area contributed by atoms with E-state index in [0.29, 0.717) is 34.3 Å². The number of carbonyl (C=O) groups is 2. The van der Waals surface area contributed by atoms with Gasteiger partial charge in [0.25, 0.3) is 0 Å². The standard InChI is InChI=1S/C31H38ClFN4O2.C29H34ClFN4O2/c1-4-35(21-27-28(32)8-5-9-29(27)33)19-24-10-12-25(13-11-24)20-36-15-17-37(18-16-36)30-26(7-6-14-34-30)22-39-31(38)23(2)3;1-3-33(21-25-26(30)7-4-8-27(25)31)19-22-9-11-23(12-10-22)20-34-14-16-35(17-15-34)29-24(6-5-13-32-29)18-28(36)37-2/h5-14,23H,4,15-22H2,1-3H3;4-13H,3,14-21H2,1-2H3. The third-order valence-corrected chi connectivity index (χ3v) is 14.6. The van der Waals surface area contributed by atoms with Crippen molar-refractivity contribution in [1.82, 2.24) is 29.6 Å². The minimum atomic E-state index is -0.260. The maximum atomic E-state index is 14.3. The fraction of sp³-hybridized carbons (Fsp3) is 0.400. The van der Waals surface area contributed by atoms with Gasteiger partial charge >= 0.3 is 11.9 Å². The molecule has 0 saturated carbocycles. The van der Waals surface area contributed by atoms with Gasteiger partial charge in [-0.2, -0.15) is 0 Å². The predicted molar refractivity (Wildman–Crippen MR) is 299 cm³/mol. The molecule has 0 N–H and O–H groups in total. The number of piperazine rings is 2. The van der Waals surface area contributed by atoms with E-state index in [2.05, 4.69) is 102 Å². The van der Waals surface area contributed by atoms with Gasteiger partial charge in [-0.3, -0.25) is 29.2 Å². The fourth-order valence-electron chi connectivity index (χ4n) is 9.37. The molecule has 0 atom stereocenters. The first-order valence-electron chi connectivity index (χ1n) is 26.3. The lowest BCUT2D eigenvalue weighted by Gasteiger charge is -2.36. The van der Waals surface area contributed by atoms with Gasteiger partial charge < -0.3 is 19.3 Å². The molecule has 0 aliphatic carbocycles. The molecule has 8 rings (SSSR count). The highest BCUT2D eigenvalue weighted by atomic mass is 35.5. The molecule has 4 heterocycles. The molecule has 2 aromatic heterocycles. The Balaban J connectivity index is 0.000000221. The van der Waals surface area contributed by atoms with Gasteiger partial charge in [0, 0.05) is 136 Å². The van der Waals surface area contributed by atoms with Crippen LogP contribution in [0.4, 0.5) is 20.4 Å². The zero-order valence-corrected chi connectivity index (χ0v) is 46.1. The third kappa shape index (κ3) is 16.7. The maximum absolute atomic E-state index is 14.3. The van der Waals surface area contributed by atoms with Crippen molar-refractivity contribution in [3.63, 3.8) is 0 Å². The summed E-state index contributed by atoms with van der Waals surface area (Å²) < 4.78 is 38.8. The van der Waals surface area contributed by atoms with Crippen molar-refractivity contribution in [3.05, 3.63) is 188 Å². The monoisotopic (exact) mass is 1080 g/mol. The number of esters is 2. The van der Waals surface area contributed by atoms with Crippen molar-refractivity contribution in [2.45, 2.75) is 80.0 Å². The molecule has 0 amide bonds. The average Bonchev–Trinajstić information content (AvgIpc) is 3.43. The van der Waals surface area contributed by atoms with Crippen LogP contribution in [0.1, 0.15) is 72.2 Å². The number of rotatable bonds is 21. The zero-order valence-electron chi connectivity index (χ0n) is 44.6. The Labute approximate surface area is 458 Å². The van der Waals surface area contributed by atoms with Gasteiger partial charge in [-0.15, -0.1) is 0 Å². The van der Waals surface area contributed by atoms with Gasteiger partial charge in [0.15, 0.2) is 0 Å². The number of ether oxygens (including phenoxy) is 2. The zero-order chi connectivity index (χ0) is 54.0. The summed E-state index contributed by atoms with van der Waals surface area (Å²) in [5.74, 6) is 0.650. The van der Waals surface area contributed by atoms with Gasteiger partial charge in [-0.1, -0.05) is 124 Å². The van der Waals surface area contributed by atoms with Crippen LogP contribution < -0.4 is 9.80 Å². The molecule has 0 unspecified atom stereocenters. The number of carbonyl (C=O) groups excluding carboxylic acids is 2. The summed E-state index contributed by atoms with van der Waals surface area (Å²) in [6.45, 7) is 21.0. The van der Waals surface area contributed by atoms with E-state index in [4.69, 9.17) is 32.7 Å². The number of pyridine rings is 2. The second-order valence-corrected chi connectivity index (χ2v) is 20.5. The number of aromatic nitrogens is 2. The Morgan fingerprint density at radius 2 is 1.00 bits per heavy atom. The Hall–Kier alpha value is -6.00. The molecule has 2 fully saturated rings. The fourth-order valence-corrected chi connectivity index (χ4v) is 9.81. The second kappa shape index (κ2) is 28.9. The highest BCUT2D eigenvalue weighted by molar-refractivity contribution is 6.31. The van der Waals surface area contributed by atoms with Gasteiger partial charge in [0.1, 0.15) is 29.9 Å². The number of hydrogen-bond acceptors (Lipinski definition) is 12. The maximum Gasteiger partial charge on any atom is 0.310 e. The third-order valence-electron chi connectivity index (χ3n) is 13.9. The molecule has 4 aromatic carbocycles. The Bertz CT molecular complexity index is 2750. The lowest BCUT2D eigenvalue weighted by atomic mass is 10.1. The van der Waals surface area contributed by atoms with Crippen LogP contribution in [0.15, 0.2) is 122 Å². The predicted octanol–water partition coefficient (Wildman–Crippen LogP) is 10.9. The van der Waals surface area contributed by atoms with E-state index < -0.39 is 0 Å². The minimum absolute atomic E-state index is 0.147. The summed E-state index contributed by atoms with van der Waals surface area (Å²) in [6, 6.07) is 34.7. The first-order chi connectivity index (χ1) is 36.8. The smallest absolute Gasteiger partial charge is 0.310 e. The van der Waals surface area contributed by atoms with Crippen LogP contribution in [0, 0.1) is 17.6 Å². The Morgan fingerprint density at radius 1 is 0.579 bits per heavy atom. The average molecular weight is 1080 g/mol. The van der Waals surface area contributed by atoms with Crippen LogP contribution >= 0.6 is 23.2 Å². The van der Waals surface area contributed by atoms with Crippen LogP contribution in [0.5, 0.6) is 0 Å². The molecule has 0 bridgehead atoms. The van der Waals surface area contributed by atoms with Crippen LogP contribution in [-0.2, 0) is 71.4 Å². The van der Waals surface area contributed by atoms with Gasteiger partial charge in [0.05, 0.1) is 19.4 Å². The molecule has 2 aliphatic heterocycles. The molecule has 12 nitrogen and oxygen atoms in total. The molecule has 6 aromatic rings. The summed E-state index contributed by atoms with van der Waals surface area (Å²) >= 11 is 12.5. The van der Waals surface area contributed by atoms with Gasteiger partial charge in [-0.05, 0) is 71.7 Å². The largest absolute Gasteiger partial charge is 0.469 e. The van der Waals surface area contributed by atoms with E-state index in [0.717, 1.165) is 114 Å². The quantitative estimate of drug-likeness (QED) is 0.0642. The molecule has 16 heteroatoms. The highest BCUT2D eigenvalue weighted by Gasteiger charge is 2.24. The minimum Gasteiger partial charge on any atom is -0.469 e. The summed E-state index contributed by atoms with van der Waals surface area (Å²) in [6.07, 6.45) is 3.80. The summed E-state index contributed by atoms with van der Waals surface area (Å²) in [5.41, 5.74) is 7.85. The van der Waals surface area contributed by atoms with Crippen molar-refractivity contribution in [1.29, 1.82) is 0 Å². The van der Waals surface area contributed by atoms with Crippen molar-refractivity contribution < 1.29 is 27.8 Å². The lowest BCUT2D eigenvalue weighted by molar-refractivity contribution is -0.148. The second-order valence-electron chi connectivity index (χ2n) is 19.7. The van der Waals surface area contributed by atoms with Crippen molar-refractivity contribution in [2.75, 3.05) is 82.4 Å². The van der Waals surface area contributed by atoms with Crippen LogP contribution in [0.2, 0.25) is 10.0 Å². The molecular weight excluding hydrogens is 1010 g/mol.